The van der Waals surface area contributed by atoms with Gasteiger partial charge in [-0.3, -0.25) is 0 Å². The van der Waals surface area contributed by atoms with Gasteiger partial charge in [0.25, 0.3) is 0 Å². The molecule has 0 aromatic heterocycles. The number of benzene rings is 2. The molecule has 4 heteroatoms. The molecule has 0 aliphatic carbocycles. The summed E-state index contributed by atoms with van der Waals surface area (Å²) in [6.07, 6.45) is 0. The van der Waals surface area contributed by atoms with Gasteiger partial charge < -0.3 is 14.4 Å². The number of methoxy groups -OCH3 is 1. The van der Waals surface area contributed by atoms with E-state index < -0.39 is 0 Å². The molecular formula is C19H21BN2O. The molecule has 0 spiro atoms. The molecule has 0 amide bonds. The van der Waals surface area contributed by atoms with Crippen LogP contribution in [-0.4, -0.2) is 27.2 Å². The van der Waals surface area contributed by atoms with Crippen LogP contribution in [0.1, 0.15) is 19.4 Å². The van der Waals surface area contributed by atoms with Crippen LogP contribution in [0.5, 0.6) is 5.75 Å². The van der Waals surface area contributed by atoms with E-state index in [1.165, 1.54) is 11.4 Å². The Labute approximate surface area is 139 Å². The molecule has 0 unspecified atom stereocenters. The Morgan fingerprint density at radius 2 is 1.48 bits per heavy atom. The van der Waals surface area contributed by atoms with Crippen LogP contribution < -0.4 is 14.4 Å². The number of hydrogen-bond acceptors (Lipinski definition) is 3. The summed E-state index contributed by atoms with van der Waals surface area (Å²) in [5, 5.41) is 0. The van der Waals surface area contributed by atoms with Crippen molar-refractivity contribution in [1.29, 1.82) is 0 Å². The lowest BCUT2D eigenvalue weighted by atomic mass is 9.74. The van der Waals surface area contributed by atoms with Crippen molar-refractivity contribution in [2.45, 2.75) is 13.8 Å². The predicted molar refractivity (Wildman–Crippen MR) is 98.1 cm³/mol. The average molecular weight is 304 g/mol. The van der Waals surface area contributed by atoms with Gasteiger partial charge in [0.15, 0.2) is 0 Å². The maximum atomic E-state index is 5.19. The predicted octanol–water partition coefficient (Wildman–Crippen LogP) is 3.44. The molecule has 0 N–H and O–H groups in total. The van der Waals surface area contributed by atoms with E-state index >= 15 is 0 Å². The van der Waals surface area contributed by atoms with Crippen LogP contribution in [0.15, 0.2) is 48.5 Å². The van der Waals surface area contributed by atoms with Crippen LogP contribution in [0.3, 0.4) is 0 Å². The molecule has 0 radical (unpaired) electrons. The quantitative estimate of drug-likeness (QED) is 0.638. The third-order valence-electron chi connectivity index (χ3n) is 4.21. The van der Waals surface area contributed by atoms with E-state index in [-0.39, 0.29) is 6.98 Å². The first-order valence-corrected chi connectivity index (χ1v) is 8.06. The van der Waals surface area contributed by atoms with Gasteiger partial charge in [0.05, 0.1) is 7.11 Å². The molecule has 0 bridgehead atoms. The molecule has 1 aliphatic heterocycles. The molecule has 2 aromatic rings. The first-order valence-electron chi connectivity index (χ1n) is 8.06. The molecule has 0 fully saturated rings. The Balaban J connectivity index is 1.91. The van der Waals surface area contributed by atoms with Crippen molar-refractivity contribution in [2.24, 2.45) is 0 Å². The highest BCUT2D eigenvalue weighted by Crippen LogP contribution is 2.37. The highest BCUT2D eigenvalue weighted by atomic mass is 16.5. The highest BCUT2D eigenvalue weighted by Gasteiger charge is 2.37. The van der Waals surface area contributed by atoms with Crippen molar-refractivity contribution < 1.29 is 4.74 Å². The summed E-state index contributed by atoms with van der Waals surface area (Å²) in [4.78, 5) is 4.71. The number of nitrogens with zero attached hydrogens (tertiary/aromatic N) is 2. The van der Waals surface area contributed by atoms with Crippen molar-refractivity contribution in [3.8, 4) is 17.5 Å². The molecule has 23 heavy (non-hydrogen) atoms. The maximum absolute atomic E-state index is 5.19. The minimum Gasteiger partial charge on any atom is -0.497 e. The van der Waals surface area contributed by atoms with E-state index in [4.69, 9.17) is 4.74 Å². The van der Waals surface area contributed by atoms with Crippen molar-refractivity contribution in [3.05, 3.63) is 54.1 Å². The molecule has 0 saturated carbocycles. The van der Waals surface area contributed by atoms with Crippen LogP contribution >= 0.6 is 0 Å². The van der Waals surface area contributed by atoms with E-state index in [1.807, 2.05) is 24.3 Å². The smallest absolute Gasteiger partial charge is 0.466 e. The Kier molecular flexibility index (Phi) is 4.48. The van der Waals surface area contributed by atoms with Gasteiger partial charge in [-0.05, 0) is 50.2 Å². The number of para-hydroxylation sites is 2. The van der Waals surface area contributed by atoms with E-state index in [1.54, 1.807) is 7.11 Å². The van der Waals surface area contributed by atoms with Gasteiger partial charge in [-0.15, -0.1) is 0 Å². The maximum Gasteiger partial charge on any atom is 0.466 e. The Morgan fingerprint density at radius 3 is 1.96 bits per heavy atom. The van der Waals surface area contributed by atoms with Crippen LogP contribution in [0.4, 0.5) is 11.4 Å². The van der Waals surface area contributed by atoms with Crippen molar-refractivity contribution in [1.82, 2.24) is 0 Å². The summed E-state index contributed by atoms with van der Waals surface area (Å²) < 4.78 is 5.19. The topological polar surface area (TPSA) is 15.7 Å². The number of ether oxygens (including phenoxy) is 1. The summed E-state index contributed by atoms with van der Waals surface area (Å²) in [5.41, 5.74) is 3.55. The van der Waals surface area contributed by atoms with Gasteiger partial charge in [-0.1, -0.05) is 23.9 Å². The van der Waals surface area contributed by atoms with E-state index in [9.17, 15) is 0 Å². The summed E-state index contributed by atoms with van der Waals surface area (Å²) in [5.74, 6) is 7.61. The molecule has 3 rings (SSSR count). The number of anilines is 2. The second kappa shape index (κ2) is 6.70. The molecule has 1 heterocycles. The Bertz CT molecular complexity index is 702. The monoisotopic (exact) mass is 304 g/mol. The summed E-state index contributed by atoms with van der Waals surface area (Å²) in [6.45, 7) is 6.32. The molecule has 0 atom stereocenters. The standard InChI is InChI=1S/C19H21BN2O/c1-4-21-18-8-6-7-9-19(18)22(5-2)20(21)15-14-16-10-12-17(23-3)13-11-16/h6-13H,4-5H2,1-3H3. The van der Waals surface area contributed by atoms with Gasteiger partial charge in [-0.25, -0.2) is 0 Å². The first-order chi connectivity index (χ1) is 11.3. The third-order valence-corrected chi connectivity index (χ3v) is 4.21. The minimum atomic E-state index is 0.0875. The number of hydrogen-bond donors (Lipinski definition) is 0. The number of rotatable bonds is 3. The van der Waals surface area contributed by atoms with Gasteiger partial charge in [-0.2, -0.15) is 0 Å². The zero-order chi connectivity index (χ0) is 16.2. The largest absolute Gasteiger partial charge is 0.497 e. The van der Waals surface area contributed by atoms with Crippen molar-refractivity contribution >= 4 is 18.4 Å². The molecular weight excluding hydrogens is 283 g/mol. The zero-order valence-electron chi connectivity index (χ0n) is 13.9. The van der Waals surface area contributed by atoms with E-state index in [2.05, 4.69) is 59.5 Å². The number of fused-ring (bicyclic) bond motifs is 1. The molecule has 2 aromatic carbocycles. The molecule has 116 valence electrons. The fraction of sp³-hybridized carbons (Fsp3) is 0.263. The average Bonchev–Trinajstić information content (AvgIpc) is 2.92. The SMILES string of the molecule is CCN1B(C#Cc2ccc(OC)cc2)N(CC)c2ccccc21. The van der Waals surface area contributed by atoms with Gasteiger partial charge in [0.2, 0.25) is 0 Å². The fourth-order valence-corrected chi connectivity index (χ4v) is 3.05. The summed E-state index contributed by atoms with van der Waals surface area (Å²) >= 11 is 0. The summed E-state index contributed by atoms with van der Waals surface area (Å²) in [6, 6.07) is 16.4. The molecule has 3 nitrogen and oxygen atoms in total. The fourth-order valence-electron chi connectivity index (χ4n) is 3.05. The molecule has 1 aliphatic rings. The van der Waals surface area contributed by atoms with Gasteiger partial charge in [0.1, 0.15) is 5.75 Å². The second-order valence-electron chi connectivity index (χ2n) is 5.43. The summed E-state index contributed by atoms with van der Waals surface area (Å²) in [7, 11) is 1.68. The Hall–Kier alpha value is -2.54. The lowest BCUT2D eigenvalue weighted by Gasteiger charge is -2.23. The van der Waals surface area contributed by atoms with Crippen LogP contribution in [0.2, 0.25) is 0 Å². The second-order valence-corrected chi connectivity index (χ2v) is 5.43. The zero-order valence-corrected chi connectivity index (χ0v) is 13.9. The Morgan fingerprint density at radius 1 is 0.913 bits per heavy atom. The normalized spacial score (nSPS) is 12.7. The molecule has 0 saturated heterocycles. The van der Waals surface area contributed by atoms with Crippen LogP contribution in [0, 0.1) is 11.7 Å². The van der Waals surface area contributed by atoms with Crippen molar-refractivity contribution in [3.63, 3.8) is 0 Å². The van der Waals surface area contributed by atoms with E-state index in [0.29, 0.717) is 0 Å². The lowest BCUT2D eigenvalue weighted by molar-refractivity contribution is 0.415. The lowest BCUT2D eigenvalue weighted by Crippen LogP contribution is -2.47. The van der Waals surface area contributed by atoms with Gasteiger partial charge in [0, 0.05) is 30.0 Å². The first kappa shape index (κ1) is 15.4. The highest BCUT2D eigenvalue weighted by molar-refractivity contribution is 6.77. The van der Waals surface area contributed by atoms with E-state index in [0.717, 1.165) is 24.4 Å². The van der Waals surface area contributed by atoms with Crippen LogP contribution in [-0.2, 0) is 0 Å². The van der Waals surface area contributed by atoms with Crippen molar-refractivity contribution in [2.75, 3.05) is 29.8 Å². The van der Waals surface area contributed by atoms with Crippen LogP contribution in [0.25, 0.3) is 0 Å². The van der Waals surface area contributed by atoms with Gasteiger partial charge >= 0.3 is 6.98 Å². The minimum absolute atomic E-state index is 0.0875. The third kappa shape index (κ3) is 2.87.